The van der Waals surface area contributed by atoms with Crippen LogP contribution in [0.1, 0.15) is 30.7 Å². The molecule has 1 aliphatic rings. The van der Waals surface area contributed by atoms with Gasteiger partial charge in [-0.2, -0.15) is 0 Å². The molecular formula is C21H20FN3O2S. The van der Waals surface area contributed by atoms with Gasteiger partial charge in [0.05, 0.1) is 22.7 Å². The van der Waals surface area contributed by atoms with Crippen molar-refractivity contribution in [1.82, 2.24) is 15.6 Å². The van der Waals surface area contributed by atoms with Gasteiger partial charge in [-0.05, 0) is 37.5 Å². The maximum Gasteiger partial charge on any atom is 0.239 e. The highest BCUT2D eigenvalue weighted by Crippen LogP contribution is 2.33. The van der Waals surface area contributed by atoms with Gasteiger partial charge in [-0.25, -0.2) is 9.37 Å². The lowest BCUT2D eigenvalue weighted by atomic mass is 10.0. The van der Waals surface area contributed by atoms with Crippen LogP contribution in [0.5, 0.6) is 0 Å². The molecule has 0 aliphatic heterocycles. The predicted molar refractivity (Wildman–Crippen MR) is 108 cm³/mol. The monoisotopic (exact) mass is 397 g/mol. The number of rotatable bonds is 6. The first kappa shape index (κ1) is 18.6. The summed E-state index contributed by atoms with van der Waals surface area (Å²) in [6.07, 6.45) is 2.01. The molecule has 1 atom stereocenters. The highest BCUT2D eigenvalue weighted by molar-refractivity contribution is 7.18. The quantitative estimate of drug-likeness (QED) is 0.668. The number of fused-ring (bicyclic) bond motifs is 1. The number of aromatic nitrogens is 1. The Morgan fingerprint density at radius 1 is 1.25 bits per heavy atom. The van der Waals surface area contributed by atoms with E-state index in [0.29, 0.717) is 20.8 Å². The van der Waals surface area contributed by atoms with Gasteiger partial charge in [0, 0.05) is 11.6 Å². The molecule has 7 heteroatoms. The number of hydrogen-bond donors (Lipinski definition) is 2. The summed E-state index contributed by atoms with van der Waals surface area (Å²) >= 11 is 1.29. The zero-order valence-corrected chi connectivity index (χ0v) is 16.2. The van der Waals surface area contributed by atoms with Crippen LogP contribution in [0.15, 0.2) is 42.5 Å². The minimum Gasteiger partial charge on any atom is -0.352 e. The van der Waals surface area contributed by atoms with Crippen molar-refractivity contribution < 1.29 is 14.0 Å². The lowest BCUT2D eigenvalue weighted by molar-refractivity contribution is -0.126. The topological polar surface area (TPSA) is 71.1 Å². The fourth-order valence-corrected chi connectivity index (χ4v) is 3.95. The number of carbonyl (C=O) groups excluding carboxylic acids is 2. The van der Waals surface area contributed by atoms with Crippen molar-refractivity contribution in [2.75, 3.05) is 6.54 Å². The van der Waals surface area contributed by atoms with Crippen LogP contribution in [0, 0.1) is 5.82 Å². The number of thiazole rings is 1. The number of benzene rings is 2. The van der Waals surface area contributed by atoms with Crippen molar-refractivity contribution in [1.29, 1.82) is 0 Å². The highest BCUT2D eigenvalue weighted by Gasteiger charge is 2.24. The first-order valence-corrected chi connectivity index (χ1v) is 10.1. The molecule has 3 aromatic rings. The van der Waals surface area contributed by atoms with Crippen molar-refractivity contribution in [2.45, 2.75) is 31.7 Å². The summed E-state index contributed by atoms with van der Waals surface area (Å²) in [5, 5.41) is 6.07. The molecule has 144 valence electrons. The zero-order valence-electron chi connectivity index (χ0n) is 15.4. The van der Waals surface area contributed by atoms with Crippen molar-refractivity contribution in [3.05, 3.63) is 53.3 Å². The highest BCUT2D eigenvalue weighted by atomic mass is 32.1. The number of carbonyl (C=O) groups is 2. The molecule has 1 aliphatic carbocycles. The number of amides is 2. The normalized spacial score (nSPS) is 14.6. The minimum absolute atomic E-state index is 0.0443. The molecule has 0 spiro atoms. The van der Waals surface area contributed by atoms with Gasteiger partial charge in [0.1, 0.15) is 10.8 Å². The summed E-state index contributed by atoms with van der Waals surface area (Å²) in [6.45, 7) is 1.69. The Morgan fingerprint density at radius 3 is 2.71 bits per heavy atom. The van der Waals surface area contributed by atoms with Crippen molar-refractivity contribution in [3.63, 3.8) is 0 Å². The third-order valence-corrected chi connectivity index (χ3v) is 5.91. The van der Waals surface area contributed by atoms with Crippen LogP contribution in [-0.4, -0.2) is 29.4 Å². The van der Waals surface area contributed by atoms with E-state index in [1.165, 1.54) is 17.4 Å². The molecular weight excluding hydrogens is 377 g/mol. The molecule has 1 heterocycles. The minimum atomic E-state index is -0.519. The zero-order chi connectivity index (χ0) is 19.7. The molecule has 2 N–H and O–H groups in total. The van der Waals surface area contributed by atoms with E-state index in [2.05, 4.69) is 15.6 Å². The smallest absolute Gasteiger partial charge is 0.239 e. The SMILES string of the molecule is CC(C(=O)NCC(=O)NC1CC1)c1nc2cc(-c3ccccc3)c(F)cc2s1. The van der Waals surface area contributed by atoms with Gasteiger partial charge in [0.2, 0.25) is 11.8 Å². The molecule has 2 amide bonds. The summed E-state index contributed by atoms with van der Waals surface area (Å²) < 4.78 is 15.2. The number of nitrogens with zero attached hydrogens (tertiary/aromatic N) is 1. The van der Waals surface area contributed by atoms with E-state index < -0.39 is 5.92 Å². The summed E-state index contributed by atoms with van der Waals surface area (Å²) in [4.78, 5) is 28.6. The summed E-state index contributed by atoms with van der Waals surface area (Å²) in [5.41, 5.74) is 1.93. The summed E-state index contributed by atoms with van der Waals surface area (Å²) in [6, 6.07) is 12.7. The first-order chi connectivity index (χ1) is 13.5. The van der Waals surface area contributed by atoms with Crippen LogP contribution in [0.3, 0.4) is 0 Å². The number of hydrogen-bond acceptors (Lipinski definition) is 4. The van der Waals surface area contributed by atoms with Crippen molar-refractivity contribution in [3.8, 4) is 11.1 Å². The Morgan fingerprint density at radius 2 is 2.00 bits per heavy atom. The van der Waals surface area contributed by atoms with Crippen molar-refractivity contribution in [2.24, 2.45) is 0 Å². The van der Waals surface area contributed by atoms with Gasteiger partial charge >= 0.3 is 0 Å². The second-order valence-corrected chi connectivity index (χ2v) is 8.06. The van der Waals surface area contributed by atoms with E-state index in [0.717, 1.165) is 18.4 Å². The second-order valence-electron chi connectivity index (χ2n) is 7.00. The molecule has 0 bridgehead atoms. The number of halogens is 1. The fraction of sp³-hybridized carbons (Fsp3) is 0.286. The van der Waals surface area contributed by atoms with Gasteiger partial charge < -0.3 is 10.6 Å². The Kier molecular flexibility index (Phi) is 5.09. The molecule has 0 saturated heterocycles. The number of nitrogens with one attached hydrogen (secondary N) is 2. The Balaban J connectivity index is 1.50. The Labute approximate surface area is 166 Å². The van der Waals surface area contributed by atoms with E-state index in [4.69, 9.17) is 0 Å². The fourth-order valence-electron chi connectivity index (χ4n) is 2.93. The molecule has 0 radical (unpaired) electrons. The van der Waals surface area contributed by atoms with Gasteiger partial charge in [-0.1, -0.05) is 30.3 Å². The third kappa shape index (κ3) is 4.04. The van der Waals surface area contributed by atoms with Gasteiger partial charge in [-0.15, -0.1) is 11.3 Å². The lowest BCUT2D eigenvalue weighted by Gasteiger charge is -2.09. The Bertz CT molecular complexity index is 1030. The van der Waals surface area contributed by atoms with E-state index in [1.54, 1.807) is 13.0 Å². The molecule has 28 heavy (non-hydrogen) atoms. The Hall–Kier alpha value is -2.80. The van der Waals surface area contributed by atoms with Crippen molar-refractivity contribution >= 4 is 33.4 Å². The van der Waals surface area contributed by atoms with Crippen LogP contribution in [-0.2, 0) is 9.59 Å². The molecule has 1 saturated carbocycles. The molecule has 1 unspecified atom stereocenters. The van der Waals surface area contributed by atoms with E-state index in [-0.39, 0.29) is 30.2 Å². The summed E-state index contributed by atoms with van der Waals surface area (Å²) in [7, 11) is 0. The van der Waals surface area contributed by atoms with E-state index in [1.807, 2.05) is 30.3 Å². The lowest BCUT2D eigenvalue weighted by Crippen LogP contribution is -2.39. The average molecular weight is 397 g/mol. The first-order valence-electron chi connectivity index (χ1n) is 9.24. The van der Waals surface area contributed by atoms with Crippen LogP contribution in [0.25, 0.3) is 21.3 Å². The van der Waals surface area contributed by atoms with E-state index >= 15 is 0 Å². The molecule has 5 nitrogen and oxygen atoms in total. The maximum atomic E-state index is 14.5. The maximum absolute atomic E-state index is 14.5. The van der Waals surface area contributed by atoms with Gasteiger partial charge in [0.15, 0.2) is 0 Å². The standard InChI is InChI=1S/C21H20FN3O2S/c1-12(20(27)23-11-19(26)24-14-7-8-14)21-25-17-9-15(13-5-3-2-4-6-13)16(22)10-18(17)28-21/h2-6,9-10,12,14H,7-8,11H2,1H3,(H,23,27)(H,24,26). The van der Waals surface area contributed by atoms with Crippen LogP contribution in [0.4, 0.5) is 4.39 Å². The van der Waals surface area contributed by atoms with Gasteiger partial charge in [0.25, 0.3) is 0 Å². The van der Waals surface area contributed by atoms with E-state index in [9.17, 15) is 14.0 Å². The predicted octanol–water partition coefficient (Wildman–Crippen LogP) is 3.60. The van der Waals surface area contributed by atoms with Gasteiger partial charge in [-0.3, -0.25) is 9.59 Å². The molecule has 2 aromatic carbocycles. The molecule has 4 rings (SSSR count). The second kappa shape index (κ2) is 7.67. The molecule has 1 fully saturated rings. The van der Waals surface area contributed by atoms with Crippen LogP contribution < -0.4 is 10.6 Å². The molecule has 1 aromatic heterocycles. The third-order valence-electron chi connectivity index (χ3n) is 4.71. The van der Waals surface area contributed by atoms with Crippen LogP contribution >= 0.6 is 11.3 Å². The summed E-state index contributed by atoms with van der Waals surface area (Å²) in [5.74, 6) is -1.28. The average Bonchev–Trinajstić information content (AvgIpc) is 3.41. The largest absolute Gasteiger partial charge is 0.352 e. The van der Waals surface area contributed by atoms with Crippen LogP contribution in [0.2, 0.25) is 0 Å².